The lowest BCUT2D eigenvalue weighted by atomic mass is 10.3. The van der Waals surface area contributed by atoms with E-state index in [1.165, 1.54) is 6.08 Å². The first-order valence-electron chi connectivity index (χ1n) is 2.62. The molecule has 0 N–H and O–H groups in total. The summed E-state index contributed by atoms with van der Waals surface area (Å²) in [7, 11) is 3.54. The maximum atomic E-state index is 10.7. The van der Waals surface area contributed by atoms with E-state index in [2.05, 4.69) is 13.2 Å². The minimum Gasteiger partial charge on any atom is -0.375 e. The van der Waals surface area contributed by atoms with E-state index in [1.807, 2.05) is 0 Å². The Kier molecular flexibility index (Phi) is 2.71. The first-order valence-corrected chi connectivity index (χ1v) is 2.62. The number of ketones is 1. The maximum absolute atomic E-state index is 10.7. The molecule has 0 heterocycles. The monoisotopic (exact) mass is 125 g/mol. The lowest BCUT2D eigenvalue weighted by Gasteiger charge is -2.11. The van der Waals surface area contributed by atoms with Gasteiger partial charge in [0, 0.05) is 14.1 Å². The Balaban J connectivity index is 4.04. The van der Waals surface area contributed by atoms with Crippen LogP contribution in [0.4, 0.5) is 0 Å². The summed E-state index contributed by atoms with van der Waals surface area (Å²) < 4.78 is 0. The quantitative estimate of drug-likeness (QED) is 0.520. The first-order chi connectivity index (χ1) is 4.09. The van der Waals surface area contributed by atoms with Gasteiger partial charge in [0.25, 0.3) is 0 Å². The van der Waals surface area contributed by atoms with Crippen LogP contribution in [0.5, 0.6) is 0 Å². The van der Waals surface area contributed by atoms with Crippen molar-refractivity contribution in [2.75, 3.05) is 14.1 Å². The molecule has 2 heteroatoms. The topological polar surface area (TPSA) is 20.3 Å². The summed E-state index contributed by atoms with van der Waals surface area (Å²) in [6, 6.07) is 0. The third-order valence-electron chi connectivity index (χ3n) is 1.01. The zero-order valence-electron chi connectivity index (χ0n) is 5.85. The number of allylic oxidation sites excluding steroid dienone is 1. The summed E-state index contributed by atoms with van der Waals surface area (Å²) in [4.78, 5) is 12.4. The van der Waals surface area contributed by atoms with Crippen LogP contribution < -0.4 is 0 Å². The van der Waals surface area contributed by atoms with Crippen LogP contribution in [-0.2, 0) is 4.79 Å². The normalized spacial score (nSPS) is 8.22. The molecule has 50 valence electrons. The summed E-state index contributed by atoms with van der Waals surface area (Å²) in [6.45, 7) is 6.86. The molecular weight excluding hydrogens is 114 g/mol. The lowest BCUT2D eigenvalue weighted by molar-refractivity contribution is -0.112. The fourth-order valence-corrected chi connectivity index (χ4v) is 0.338. The van der Waals surface area contributed by atoms with Crippen molar-refractivity contribution >= 4 is 5.78 Å². The van der Waals surface area contributed by atoms with Crippen LogP contribution in [0.25, 0.3) is 0 Å². The molecule has 0 radical (unpaired) electrons. The Labute approximate surface area is 55.5 Å². The molecule has 0 aliphatic rings. The highest BCUT2D eigenvalue weighted by Gasteiger charge is 2.01. The van der Waals surface area contributed by atoms with E-state index in [4.69, 9.17) is 0 Å². The van der Waals surface area contributed by atoms with Crippen LogP contribution >= 0.6 is 0 Å². The predicted octanol–water partition coefficient (Wildman–Crippen LogP) is 0.817. The largest absolute Gasteiger partial charge is 0.375 e. The molecule has 0 rings (SSSR count). The molecule has 0 aromatic rings. The van der Waals surface area contributed by atoms with Crippen molar-refractivity contribution in [1.29, 1.82) is 0 Å². The smallest absolute Gasteiger partial charge is 0.200 e. The minimum atomic E-state index is -0.125. The van der Waals surface area contributed by atoms with Gasteiger partial charge in [-0.25, -0.2) is 0 Å². The van der Waals surface area contributed by atoms with E-state index in [0.717, 1.165) is 0 Å². The van der Waals surface area contributed by atoms with Gasteiger partial charge < -0.3 is 4.90 Å². The average molecular weight is 125 g/mol. The van der Waals surface area contributed by atoms with Gasteiger partial charge in [-0.1, -0.05) is 13.2 Å². The van der Waals surface area contributed by atoms with Crippen LogP contribution in [0.1, 0.15) is 0 Å². The molecule has 9 heavy (non-hydrogen) atoms. The highest BCUT2D eigenvalue weighted by Crippen LogP contribution is 1.95. The summed E-state index contributed by atoms with van der Waals surface area (Å²) in [5, 5.41) is 0. The molecule has 0 aromatic carbocycles. The molecule has 0 aliphatic carbocycles. The van der Waals surface area contributed by atoms with Gasteiger partial charge in [-0.05, 0) is 6.08 Å². The van der Waals surface area contributed by atoms with E-state index in [9.17, 15) is 4.79 Å². The van der Waals surface area contributed by atoms with Gasteiger partial charge in [0.05, 0.1) is 5.70 Å². The number of hydrogen-bond acceptors (Lipinski definition) is 2. The Morgan fingerprint density at radius 2 is 2.00 bits per heavy atom. The zero-order valence-corrected chi connectivity index (χ0v) is 5.85. The molecular formula is C7H11NO. The average Bonchev–Trinajstić information content (AvgIpc) is 1.84. The second-order valence-electron chi connectivity index (χ2n) is 1.91. The van der Waals surface area contributed by atoms with Crippen molar-refractivity contribution in [2.24, 2.45) is 0 Å². The van der Waals surface area contributed by atoms with E-state index < -0.39 is 0 Å². The number of hydrogen-bond donors (Lipinski definition) is 0. The van der Waals surface area contributed by atoms with Gasteiger partial charge in [0.15, 0.2) is 0 Å². The van der Waals surface area contributed by atoms with E-state index in [-0.39, 0.29) is 5.78 Å². The molecule has 0 unspecified atom stereocenters. The molecule has 0 aliphatic heterocycles. The number of nitrogens with zero attached hydrogens (tertiary/aromatic N) is 1. The SMILES string of the molecule is C=CC(=O)C(=C)N(C)C. The molecule has 0 spiro atoms. The highest BCUT2D eigenvalue weighted by atomic mass is 16.1. The van der Waals surface area contributed by atoms with E-state index in [1.54, 1.807) is 19.0 Å². The van der Waals surface area contributed by atoms with Crippen LogP contribution in [0, 0.1) is 0 Å². The minimum absolute atomic E-state index is 0.125. The Morgan fingerprint density at radius 3 is 2.11 bits per heavy atom. The highest BCUT2D eigenvalue weighted by molar-refractivity contribution is 6.02. The molecule has 0 aromatic heterocycles. The molecule has 0 fully saturated rings. The van der Waals surface area contributed by atoms with Crippen molar-refractivity contribution in [1.82, 2.24) is 4.90 Å². The van der Waals surface area contributed by atoms with Gasteiger partial charge in [0.2, 0.25) is 5.78 Å². The molecule has 0 saturated heterocycles. The van der Waals surface area contributed by atoms with Crippen molar-refractivity contribution in [2.45, 2.75) is 0 Å². The number of carbonyl (C=O) groups is 1. The van der Waals surface area contributed by atoms with Gasteiger partial charge in [0.1, 0.15) is 0 Å². The third kappa shape index (κ3) is 2.13. The van der Waals surface area contributed by atoms with Crippen molar-refractivity contribution in [3.63, 3.8) is 0 Å². The zero-order chi connectivity index (χ0) is 7.44. The number of rotatable bonds is 3. The molecule has 0 amide bonds. The molecule has 0 saturated carbocycles. The van der Waals surface area contributed by atoms with Crippen molar-refractivity contribution in [3.05, 3.63) is 24.9 Å². The first kappa shape index (κ1) is 7.95. The molecule has 2 nitrogen and oxygen atoms in total. The number of carbonyl (C=O) groups excluding carboxylic acids is 1. The third-order valence-corrected chi connectivity index (χ3v) is 1.01. The Bertz CT molecular complexity index is 147. The molecule has 0 atom stereocenters. The Hall–Kier alpha value is -1.05. The van der Waals surface area contributed by atoms with E-state index >= 15 is 0 Å². The van der Waals surface area contributed by atoms with Gasteiger partial charge >= 0.3 is 0 Å². The fourth-order valence-electron chi connectivity index (χ4n) is 0.338. The van der Waals surface area contributed by atoms with Crippen LogP contribution in [0.15, 0.2) is 24.9 Å². The predicted molar refractivity (Wildman–Crippen MR) is 38.0 cm³/mol. The summed E-state index contributed by atoms with van der Waals surface area (Å²) in [6.07, 6.45) is 1.25. The second kappa shape index (κ2) is 3.07. The van der Waals surface area contributed by atoms with Gasteiger partial charge in [-0.2, -0.15) is 0 Å². The summed E-state index contributed by atoms with van der Waals surface area (Å²) >= 11 is 0. The van der Waals surface area contributed by atoms with Gasteiger partial charge in [-0.15, -0.1) is 0 Å². The van der Waals surface area contributed by atoms with Crippen LogP contribution in [-0.4, -0.2) is 24.8 Å². The maximum Gasteiger partial charge on any atom is 0.200 e. The molecule has 0 bridgehead atoms. The lowest BCUT2D eigenvalue weighted by Crippen LogP contribution is -2.16. The van der Waals surface area contributed by atoms with Crippen molar-refractivity contribution in [3.8, 4) is 0 Å². The number of likely N-dealkylation sites (N-methyl/N-ethyl adjacent to an activating group) is 1. The fraction of sp³-hybridized carbons (Fsp3) is 0.286. The van der Waals surface area contributed by atoms with Crippen LogP contribution in [0.3, 0.4) is 0 Å². The Morgan fingerprint density at radius 1 is 1.56 bits per heavy atom. The summed E-state index contributed by atoms with van der Waals surface area (Å²) in [5.74, 6) is -0.125. The summed E-state index contributed by atoms with van der Waals surface area (Å²) in [5.41, 5.74) is 0.463. The van der Waals surface area contributed by atoms with Crippen LogP contribution in [0.2, 0.25) is 0 Å². The standard InChI is InChI=1S/C7H11NO/c1-5-7(9)6(2)8(3)4/h5H,1-2H2,3-4H3. The van der Waals surface area contributed by atoms with E-state index in [0.29, 0.717) is 5.70 Å². The van der Waals surface area contributed by atoms with Gasteiger partial charge in [-0.3, -0.25) is 4.79 Å². The second-order valence-corrected chi connectivity index (χ2v) is 1.91. The van der Waals surface area contributed by atoms with Crippen molar-refractivity contribution < 1.29 is 4.79 Å².